The second-order valence-corrected chi connectivity index (χ2v) is 6.10. The molecule has 1 heterocycles. The fraction of sp³-hybridized carbons (Fsp3) is 0.500. The highest BCUT2D eigenvalue weighted by molar-refractivity contribution is 5.82. The van der Waals surface area contributed by atoms with Gasteiger partial charge in [-0.05, 0) is 17.7 Å². The number of esters is 1. The molecule has 0 aliphatic carbocycles. The monoisotopic (exact) mass is 363 g/mol. The number of methoxy groups -OCH3 is 2. The largest absolute Gasteiger partial charge is 0.497 e. The zero-order valence-electron chi connectivity index (χ0n) is 15.4. The van der Waals surface area contributed by atoms with Crippen molar-refractivity contribution in [3.05, 3.63) is 29.8 Å². The highest BCUT2D eigenvalue weighted by Crippen LogP contribution is 2.13. The molecule has 2 rings (SSSR count). The van der Waals surface area contributed by atoms with Crippen molar-refractivity contribution in [1.29, 1.82) is 0 Å². The molecule has 8 nitrogen and oxygen atoms in total. The van der Waals surface area contributed by atoms with Gasteiger partial charge in [-0.3, -0.25) is 19.3 Å². The second kappa shape index (κ2) is 9.19. The number of nitrogens with zero attached hydrogens (tertiary/aromatic N) is 2. The van der Waals surface area contributed by atoms with Gasteiger partial charge in [0, 0.05) is 33.1 Å². The molecule has 0 spiro atoms. The molecule has 1 aliphatic rings. The lowest BCUT2D eigenvalue weighted by Crippen LogP contribution is -2.59. The van der Waals surface area contributed by atoms with Crippen LogP contribution in [0.2, 0.25) is 0 Å². The Bertz CT molecular complexity index is 647. The van der Waals surface area contributed by atoms with Gasteiger partial charge in [-0.1, -0.05) is 12.1 Å². The zero-order chi connectivity index (χ0) is 19.1. The fourth-order valence-corrected chi connectivity index (χ4v) is 2.84. The summed E-state index contributed by atoms with van der Waals surface area (Å²) in [5.41, 5.74) is 0.949. The SMILES string of the molecule is COC(=O)C1CN(C(C)=O)CCN1CC(=O)NCc1ccc(OC)cc1. The van der Waals surface area contributed by atoms with Crippen LogP contribution in [0.3, 0.4) is 0 Å². The number of benzene rings is 1. The molecular weight excluding hydrogens is 338 g/mol. The van der Waals surface area contributed by atoms with Crippen molar-refractivity contribution in [3.8, 4) is 5.75 Å². The van der Waals surface area contributed by atoms with Gasteiger partial charge in [0.2, 0.25) is 11.8 Å². The van der Waals surface area contributed by atoms with Gasteiger partial charge >= 0.3 is 5.97 Å². The molecule has 1 aliphatic heterocycles. The lowest BCUT2D eigenvalue weighted by atomic mass is 10.1. The third-order valence-electron chi connectivity index (χ3n) is 4.41. The van der Waals surface area contributed by atoms with Crippen LogP contribution in [-0.2, 0) is 25.7 Å². The van der Waals surface area contributed by atoms with Crippen molar-refractivity contribution in [2.45, 2.75) is 19.5 Å². The molecule has 26 heavy (non-hydrogen) atoms. The number of rotatable bonds is 6. The average Bonchev–Trinajstić information content (AvgIpc) is 2.66. The van der Waals surface area contributed by atoms with Crippen LogP contribution in [0, 0.1) is 0 Å². The van der Waals surface area contributed by atoms with Crippen molar-refractivity contribution in [2.75, 3.05) is 40.4 Å². The van der Waals surface area contributed by atoms with Crippen LogP contribution in [0.1, 0.15) is 12.5 Å². The number of amides is 2. The summed E-state index contributed by atoms with van der Waals surface area (Å²) in [5.74, 6) is 0.0248. The highest BCUT2D eigenvalue weighted by atomic mass is 16.5. The van der Waals surface area contributed by atoms with E-state index in [1.807, 2.05) is 24.3 Å². The number of piperazine rings is 1. The van der Waals surface area contributed by atoms with Gasteiger partial charge in [-0.2, -0.15) is 0 Å². The van der Waals surface area contributed by atoms with E-state index in [-0.39, 0.29) is 24.9 Å². The molecule has 1 atom stereocenters. The first kappa shape index (κ1) is 19.7. The summed E-state index contributed by atoms with van der Waals surface area (Å²) in [5, 5.41) is 2.84. The molecule has 1 aromatic rings. The Balaban J connectivity index is 1.90. The van der Waals surface area contributed by atoms with Crippen molar-refractivity contribution in [1.82, 2.24) is 15.1 Å². The topological polar surface area (TPSA) is 88.2 Å². The summed E-state index contributed by atoms with van der Waals surface area (Å²) in [6, 6.07) is 6.78. The normalized spacial score (nSPS) is 17.5. The van der Waals surface area contributed by atoms with Crippen LogP contribution in [0.5, 0.6) is 5.75 Å². The first-order valence-electron chi connectivity index (χ1n) is 8.41. The van der Waals surface area contributed by atoms with Gasteiger partial charge in [-0.25, -0.2) is 0 Å². The number of carbonyl (C=O) groups excluding carboxylic acids is 3. The summed E-state index contributed by atoms with van der Waals surface area (Å²) in [6.07, 6.45) is 0. The minimum absolute atomic E-state index is 0.0711. The fourth-order valence-electron chi connectivity index (χ4n) is 2.84. The molecule has 2 amide bonds. The number of carbonyl (C=O) groups is 3. The maximum Gasteiger partial charge on any atom is 0.324 e. The maximum atomic E-state index is 12.3. The van der Waals surface area contributed by atoms with Crippen LogP contribution in [0.15, 0.2) is 24.3 Å². The van der Waals surface area contributed by atoms with Crippen molar-refractivity contribution in [2.24, 2.45) is 0 Å². The van der Waals surface area contributed by atoms with E-state index in [1.54, 1.807) is 16.9 Å². The molecule has 1 unspecified atom stereocenters. The van der Waals surface area contributed by atoms with E-state index in [4.69, 9.17) is 9.47 Å². The quantitative estimate of drug-likeness (QED) is 0.717. The number of hydrogen-bond acceptors (Lipinski definition) is 6. The van der Waals surface area contributed by atoms with Crippen molar-refractivity contribution >= 4 is 17.8 Å². The number of nitrogens with one attached hydrogen (secondary N) is 1. The standard InChI is InChI=1S/C18H25N3O5/c1-13(22)20-8-9-21(16(11-20)18(24)26-3)12-17(23)19-10-14-4-6-15(25-2)7-5-14/h4-7,16H,8-12H2,1-3H3,(H,19,23). The Hall–Kier alpha value is -2.61. The van der Waals surface area contributed by atoms with Gasteiger partial charge in [-0.15, -0.1) is 0 Å². The van der Waals surface area contributed by atoms with Gasteiger partial charge in [0.15, 0.2) is 0 Å². The van der Waals surface area contributed by atoms with Gasteiger partial charge in [0.05, 0.1) is 20.8 Å². The molecule has 0 aromatic heterocycles. The lowest BCUT2D eigenvalue weighted by molar-refractivity contribution is -0.151. The number of ether oxygens (including phenoxy) is 2. The zero-order valence-corrected chi connectivity index (χ0v) is 15.4. The Morgan fingerprint density at radius 2 is 1.85 bits per heavy atom. The maximum absolute atomic E-state index is 12.3. The van der Waals surface area contributed by atoms with Gasteiger partial charge in [0.1, 0.15) is 11.8 Å². The summed E-state index contributed by atoms with van der Waals surface area (Å²) in [7, 11) is 2.90. The predicted octanol–water partition coefficient (Wildman–Crippen LogP) is 0.0171. The molecular formula is C18H25N3O5. The van der Waals surface area contributed by atoms with Gasteiger partial charge in [0.25, 0.3) is 0 Å². The minimum Gasteiger partial charge on any atom is -0.497 e. The summed E-state index contributed by atoms with van der Waals surface area (Å²) < 4.78 is 9.92. The van der Waals surface area contributed by atoms with Gasteiger partial charge < -0.3 is 19.7 Å². The Morgan fingerprint density at radius 1 is 1.15 bits per heavy atom. The van der Waals surface area contributed by atoms with Crippen LogP contribution < -0.4 is 10.1 Å². The summed E-state index contributed by atoms with van der Waals surface area (Å²) in [6.45, 7) is 3.07. The third kappa shape index (κ3) is 5.19. The van der Waals surface area contributed by atoms with Crippen molar-refractivity contribution < 1.29 is 23.9 Å². The van der Waals surface area contributed by atoms with E-state index in [1.165, 1.54) is 14.0 Å². The molecule has 0 radical (unpaired) electrons. The van der Waals surface area contributed by atoms with E-state index in [0.29, 0.717) is 19.6 Å². The molecule has 1 aromatic carbocycles. The van der Waals surface area contributed by atoms with Crippen molar-refractivity contribution in [3.63, 3.8) is 0 Å². The first-order chi connectivity index (χ1) is 12.4. The van der Waals surface area contributed by atoms with Crippen LogP contribution in [-0.4, -0.2) is 74.0 Å². The average molecular weight is 363 g/mol. The van der Waals surface area contributed by atoms with Crippen LogP contribution >= 0.6 is 0 Å². The molecule has 142 valence electrons. The Kier molecular flexibility index (Phi) is 6.97. The van der Waals surface area contributed by atoms with Crippen LogP contribution in [0.4, 0.5) is 0 Å². The first-order valence-corrected chi connectivity index (χ1v) is 8.41. The smallest absolute Gasteiger partial charge is 0.324 e. The Morgan fingerprint density at radius 3 is 2.42 bits per heavy atom. The molecule has 1 N–H and O–H groups in total. The highest BCUT2D eigenvalue weighted by Gasteiger charge is 2.34. The second-order valence-electron chi connectivity index (χ2n) is 6.10. The van der Waals surface area contributed by atoms with E-state index in [9.17, 15) is 14.4 Å². The number of hydrogen-bond donors (Lipinski definition) is 1. The van der Waals surface area contributed by atoms with E-state index in [2.05, 4.69) is 5.32 Å². The molecule has 0 bridgehead atoms. The predicted molar refractivity (Wildman–Crippen MR) is 94.5 cm³/mol. The summed E-state index contributed by atoms with van der Waals surface area (Å²) in [4.78, 5) is 39.2. The molecule has 1 fully saturated rings. The molecule has 8 heteroatoms. The van der Waals surface area contributed by atoms with E-state index >= 15 is 0 Å². The third-order valence-corrected chi connectivity index (χ3v) is 4.41. The van der Waals surface area contributed by atoms with Crippen LogP contribution in [0.25, 0.3) is 0 Å². The van der Waals surface area contributed by atoms with E-state index in [0.717, 1.165) is 11.3 Å². The summed E-state index contributed by atoms with van der Waals surface area (Å²) >= 11 is 0. The molecule has 0 saturated carbocycles. The lowest BCUT2D eigenvalue weighted by Gasteiger charge is -2.39. The Labute approximate surface area is 153 Å². The van der Waals surface area contributed by atoms with E-state index < -0.39 is 12.0 Å². The molecule has 1 saturated heterocycles. The minimum atomic E-state index is -0.635.